The number of rotatable bonds is 16. The SMILES string of the molecule is CCOP(=O)(OCC)C(C[C@@H]1C[C@@H](C(C)(C)C)CC/C1=N\Nc1ccc([N+](=O)[O-])cc1[N+](=O)[O-])P(=O)(OCC)OCC. The molecule has 42 heavy (non-hydrogen) atoms. The largest absolute Gasteiger partial charge is 0.345 e. The highest BCUT2D eigenvalue weighted by atomic mass is 31.2. The molecule has 1 aromatic carbocycles. The zero-order chi connectivity index (χ0) is 31.7. The van der Waals surface area contributed by atoms with E-state index in [0.717, 1.165) is 18.6 Å². The van der Waals surface area contributed by atoms with Crippen molar-refractivity contribution in [3.63, 3.8) is 0 Å². The van der Waals surface area contributed by atoms with Gasteiger partial charge < -0.3 is 18.1 Å². The molecule has 0 unspecified atom stereocenters. The lowest BCUT2D eigenvalue weighted by atomic mass is 9.68. The first-order chi connectivity index (χ1) is 19.7. The summed E-state index contributed by atoms with van der Waals surface area (Å²) < 4.78 is 51.0. The van der Waals surface area contributed by atoms with Gasteiger partial charge in [-0.05, 0) is 70.8 Å². The number of nitrogens with zero attached hydrogens (tertiary/aromatic N) is 3. The Morgan fingerprint density at radius 1 is 0.952 bits per heavy atom. The van der Waals surface area contributed by atoms with Gasteiger partial charge in [0.2, 0.25) is 0 Å². The highest BCUT2D eigenvalue weighted by Gasteiger charge is 2.52. The predicted molar refractivity (Wildman–Crippen MR) is 161 cm³/mol. The van der Waals surface area contributed by atoms with Crippen LogP contribution in [0, 0.1) is 37.5 Å². The van der Waals surface area contributed by atoms with E-state index in [0.29, 0.717) is 18.6 Å². The van der Waals surface area contributed by atoms with Crippen LogP contribution in [0.2, 0.25) is 0 Å². The third-order valence-electron chi connectivity index (χ3n) is 7.18. The number of nitro benzene ring substituents is 2. The topological polar surface area (TPSA) is 182 Å². The van der Waals surface area contributed by atoms with Crippen LogP contribution in [0.1, 0.15) is 74.1 Å². The number of benzene rings is 1. The zero-order valence-corrected chi connectivity index (χ0v) is 27.2. The third kappa shape index (κ3) is 9.14. The van der Waals surface area contributed by atoms with E-state index in [1.165, 1.54) is 6.07 Å². The van der Waals surface area contributed by atoms with Crippen molar-refractivity contribution in [2.75, 3.05) is 31.9 Å². The zero-order valence-electron chi connectivity index (χ0n) is 25.4. The van der Waals surface area contributed by atoms with Crippen molar-refractivity contribution in [1.82, 2.24) is 0 Å². The number of anilines is 1. The van der Waals surface area contributed by atoms with Gasteiger partial charge in [0.15, 0.2) is 5.40 Å². The molecule has 1 aliphatic rings. The van der Waals surface area contributed by atoms with Gasteiger partial charge in [-0.15, -0.1) is 0 Å². The maximum Gasteiger partial charge on any atom is 0.345 e. The second-order valence-electron chi connectivity index (χ2n) is 10.9. The Morgan fingerprint density at radius 2 is 1.48 bits per heavy atom. The number of nitrogens with one attached hydrogen (secondary N) is 1. The second kappa shape index (κ2) is 15.5. The molecule has 0 bridgehead atoms. The van der Waals surface area contributed by atoms with E-state index in [2.05, 4.69) is 31.3 Å². The summed E-state index contributed by atoms with van der Waals surface area (Å²) in [5.74, 6) is -0.158. The van der Waals surface area contributed by atoms with Gasteiger partial charge in [-0.3, -0.25) is 34.8 Å². The molecule has 0 amide bonds. The molecule has 0 heterocycles. The predicted octanol–water partition coefficient (Wildman–Crippen LogP) is 7.98. The summed E-state index contributed by atoms with van der Waals surface area (Å²) in [4.78, 5) is 21.4. The smallest absolute Gasteiger partial charge is 0.308 e. The highest BCUT2D eigenvalue weighted by molar-refractivity contribution is 7.72. The minimum absolute atomic E-state index is 0.0186. The lowest BCUT2D eigenvalue weighted by molar-refractivity contribution is -0.393. The molecule has 2 rings (SSSR count). The average Bonchev–Trinajstić information content (AvgIpc) is 2.90. The molecule has 1 N–H and O–H groups in total. The first-order valence-electron chi connectivity index (χ1n) is 14.2. The molecule has 14 nitrogen and oxygen atoms in total. The van der Waals surface area contributed by atoms with Crippen molar-refractivity contribution in [2.24, 2.45) is 22.4 Å². The summed E-state index contributed by atoms with van der Waals surface area (Å²) in [6.07, 6.45) is 1.92. The molecule has 0 aliphatic heterocycles. The molecule has 0 radical (unpaired) electrons. The van der Waals surface area contributed by atoms with Crippen molar-refractivity contribution in [3.8, 4) is 0 Å². The summed E-state index contributed by atoms with van der Waals surface area (Å²) in [5, 5.41) is 26.1. The Bertz CT molecular complexity index is 1170. The molecule has 2 atom stereocenters. The summed E-state index contributed by atoms with van der Waals surface area (Å²) in [6.45, 7) is 13.2. The fourth-order valence-electron chi connectivity index (χ4n) is 5.13. The highest BCUT2D eigenvalue weighted by Crippen LogP contribution is 2.72. The molecule has 1 aliphatic carbocycles. The van der Waals surface area contributed by atoms with Crippen LogP contribution in [0.5, 0.6) is 0 Å². The minimum Gasteiger partial charge on any atom is -0.308 e. The monoisotopic (exact) mass is 634 g/mol. The van der Waals surface area contributed by atoms with Gasteiger partial charge in [0, 0.05) is 17.7 Å². The van der Waals surface area contributed by atoms with Gasteiger partial charge in [-0.2, -0.15) is 5.10 Å². The molecule has 1 saturated carbocycles. The van der Waals surface area contributed by atoms with Gasteiger partial charge in [-0.25, -0.2) is 0 Å². The number of nitro groups is 2. The maximum atomic E-state index is 14.2. The van der Waals surface area contributed by atoms with Gasteiger partial charge in [-0.1, -0.05) is 20.8 Å². The first-order valence-corrected chi connectivity index (χ1v) is 17.4. The second-order valence-corrected chi connectivity index (χ2v) is 15.8. The molecule has 0 saturated heterocycles. The van der Waals surface area contributed by atoms with E-state index >= 15 is 0 Å². The fourth-order valence-corrected chi connectivity index (χ4v) is 10.6. The van der Waals surface area contributed by atoms with Crippen LogP contribution in [0.4, 0.5) is 17.1 Å². The van der Waals surface area contributed by atoms with Crippen LogP contribution in [0.15, 0.2) is 23.3 Å². The maximum absolute atomic E-state index is 14.2. The minimum atomic E-state index is -4.02. The summed E-state index contributed by atoms with van der Waals surface area (Å²) >= 11 is 0. The number of non-ortho nitro benzene ring substituents is 1. The van der Waals surface area contributed by atoms with Gasteiger partial charge in [0.05, 0.1) is 42.3 Å². The molecule has 238 valence electrons. The van der Waals surface area contributed by atoms with Crippen molar-refractivity contribution in [3.05, 3.63) is 38.4 Å². The molecular weight excluding hydrogens is 590 g/mol. The van der Waals surface area contributed by atoms with Crippen molar-refractivity contribution < 1.29 is 37.1 Å². The number of hydrogen-bond acceptors (Lipinski definition) is 12. The first kappa shape index (κ1) is 36.0. The quantitative estimate of drug-likeness (QED) is 0.106. The Labute approximate surface area is 247 Å². The van der Waals surface area contributed by atoms with Gasteiger partial charge in [0.1, 0.15) is 5.69 Å². The standard InChI is InChI=1S/C26H44N4O10P2/c1-8-37-41(35,38-9-2)25(42(36,39-10-3)40-11-4)17-19-16-20(26(5,6)7)12-14-22(19)27-28-23-15-13-21(29(31)32)18-24(23)30(33)34/h13,15,18-20,25,28H,8-12,14,16-17H2,1-7H3/b27-22+/t19-,20-/m0/s1. The van der Waals surface area contributed by atoms with E-state index in [1.807, 2.05) is 0 Å². The van der Waals surface area contributed by atoms with Crippen molar-refractivity contribution >= 4 is 38.0 Å². The fraction of sp³-hybridized carbons (Fsp3) is 0.731. The number of hydrazone groups is 1. The normalized spacial score (nSPS) is 19.3. The number of hydrogen-bond donors (Lipinski definition) is 1. The molecule has 0 aromatic heterocycles. The molecular formula is C26H44N4O10P2. The average molecular weight is 635 g/mol. The molecule has 1 fully saturated rings. The summed E-state index contributed by atoms with van der Waals surface area (Å²) in [5.41, 5.74) is 2.33. The van der Waals surface area contributed by atoms with E-state index < -0.39 is 41.8 Å². The third-order valence-corrected chi connectivity index (χ3v) is 13.2. The molecule has 0 spiro atoms. The Morgan fingerprint density at radius 3 is 1.90 bits per heavy atom. The van der Waals surface area contributed by atoms with Crippen molar-refractivity contribution in [2.45, 2.75) is 79.5 Å². The Kier molecular flexibility index (Phi) is 13.3. The summed E-state index contributed by atoms with van der Waals surface area (Å²) in [6, 6.07) is 3.25. The van der Waals surface area contributed by atoms with E-state index in [4.69, 9.17) is 18.1 Å². The van der Waals surface area contributed by atoms with Gasteiger partial charge in [0.25, 0.3) is 5.69 Å². The Hall–Kier alpha value is -2.21. The Balaban J connectivity index is 2.62. The van der Waals surface area contributed by atoms with E-state index in [9.17, 15) is 29.4 Å². The van der Waals surface area contributed by atoms with Crippen LogP contribution in [-0.4, -0.2) is 47.4 Å². The van der Waals surface area contributed by atoms with Crippen LogP contribution in [-0.2, 0) is 27.2 Å². The van der Waals surface area contributed by atoms with Crippen molar-refractivity contribution in [1.29, 1.82) is 0 Å². The van der Waals surface area contributed by atoms with E-state index in [1.54, 1.807) is 27.7 Å². The van der Waals surface area contributed by atoms with Crippen LogP contribution in [0.3, 0.4) is 0 Å². The van der Waals surface area contributed by atoms with Crippen LogP contribution >= 0.6 is 15.2 Å². The van der Waals surface area contributed by atoms with Crippen LogP contribution in [0.25, 0.3) is 0 Å². The molecule has 1 aromatic rings. The van der Waals surface area contributed by atoms with Crippen LogP contribution < -0.4 is 5.43 Å². The lowest BCUT2D eigenvalue weighted by Gasteiger charge is -2.40. The lowest BCUT2D eigenvalue weighted by Crippen LogP contribution is -2.35. The van der Waals surface area contributed by atoms with Gasteiger partial charge >= 0.3 is 20.9 Å². The summed E-state index contributed by atoms with van der Waals surface area (Å²) in [7, 11) is -8.04. The molecule has 16 heteroatoms. The van der Waals surface area contributed by atoms with E-state index in [-0.39, 0.29) is 55.8 Å².